The Bertz CT molecular complexity index is 835. The Morgan fingerprint density at radius 1 is 1.00 bits per heavy atom. The molecule has 0 fully saturated rings. The zero-order chi connectivity index (χ0) is 16.9. The summed E-state index contributed by atoms with van der Waals surface area (Å²) in [6, 6.07) is 13.5. The van der Waals surface area contributed by atoms with Crippen molar-refractivity contribution >= 4 is 27.3 Å². The highest BCUT2D eigenvalue weighted by atomic mass is 79.9. The van der Waals surface area contributed by atoms with E-state index >= 15 is 0 Å². The van der Waals surface area contributed by atoms with E-state index in [0.717, 1.165) is 26.5 Å². The lowest BCUT2D eigenvalue weighted by atomic mass is 10.2. The third-order valence-electron chi connectivity index (χ3n) is 3.40. The van der Waals surface area contributed by atoms with Gasteiger partial charge in [0, 0.05) is 5.38 Å². The van der Waals surface area contributed by atoms with E-state index in [-0.39, 0.29) is 0 Å². The van der Waals surface area contributed by atoms with E-state index < -0.39 is 0 Å². The largest absolute Gasteiger partial charge is 0.493 e. The zero-order valence-corrected chi connectivity index (χ0v) is 15.7. The summed E-state index contributed by atoms with van der Waals surface area (Å²) in [5, 5.41) is 2.86. The van der Waals surface area contributed by atoms with Gasteiger partial charge in [0.25, 0.3) is 0 Å². The van der Waals surface area contributed by atoms with E-state index in [0.29, 0.717) is 18.1 Å². The average Bonchev–Trinajstić information content (AvgIpc) is 3.09. The molecule has 0 saturated heterocycles. The molecule has 0 bridgehead atoms. The summed E-state index contributed by atoms with van der Waals surface area (Å²) in [4.78, 5) is 4.65. The fraction of sp³-hybridized carbons (Fsp3) is 0.167. The van der Waals surface area contributed by atoms with Gasteiger partial charge in [0.2, 0.25) is 0 Å². The Kier molecular flexibility index (Phi) is 5.37. The van der Waals surface area contributed by atoms with Crippen LogP contribution in [-0.4, -0.2) is 19.2 Å². The number of benzene rings is 2. The van der Waals surface area contributed by atoms with Crippen molar-refractivity contribution < 1.29 is 14.2 Å². The summed E-state index contributed by atoms with van der Waals surface area (Å²) in [7, 11) is 3.26. The SMILES string of the molecule is COc1cccc(-c2nc(COc3ccccc3Br)cs2)c1OC. The van der Waals surface area contributed by atoms with Crippen molar-refractivity contribution in [1.29, 1.82) is 0 Å². The van der Waals surface area contributed by atoms with Crippen molar-refractivity contribution in [3.63, 3.8) is 0 Å². The van der Waals surface area contributed by atoms with Crippen LogP contribution in [0.5, 0.6) is 17.2 Å². The lowest BCUT2D eigenvalue weighted by molar-refractivity contribution is 0.300. The van der Waals surface area contributed by atoms with E-state index in [1.54, 1.807) is 25.6 Å². The number of nitrogens with zero attached hydrogens (tertiary/aromatic N) is 1. The van der Waals surface area contributed by atoms with Gasteiger partial charge < -0.3 is 14.2 Å². The molecule has 124 valence electrons. The Labute approximate surface area is 153 Å². The van der Waals surface area contributed by atoms with E-state index in [1.807, 2.05) is 47.8 Å². The van der Waals surface area contributed by atoms with E-state index in [4.69, 9.17) is 14.2 Å². The van der Waals surface area contributed by atoms with Crippen molar-refractivity contribution in [2.45, 2.75) is 6.61 Å². The predicted molar refractivity (Wildman–Crippen MR) is 99.1 cm³/mol. The summed E-state index contributed by atoms with van der Waals surface area (Å²) in [6.45, 7) is 0.408. The molecule has 0 N–H and O–H groups in total. The van der Waals surface area contributed by atoms with Crippen LogP contribution in [-0.2, 0) is 6.61 Å². The first-order valence-corrected chi connectivity index (χ1v) is 8.93. The first-order chi connectivity index (χ1) is 11.7. The monoisotopic (exact) mass is 405 g/mol. The molecule has 3 aromatic rings. The highest BCUT2D eigenvalue weighted by Gasteiger charge is 2.14. The number of para-hydroxylation sites is 2. The van der Waals surface area contributed by atoms with Crippen molar-refractivity contribution in [3.8, 4) is 27.8 Å². The van der Waals surface area contributed by atoms with Gasteiger partial charge in [-0.1, -0.05) is 18.2 Å². The fourth-order valence-corrected chi connectivity index (χ4v) is 3.49. The Hall–Kier alpha value is -2.05. The van der Waals surface area contributed by atoms with Gasteiger partial charge >= 0.3 is 0 Å². The predicted octanol–water partition coefficient (Wildman–Crippen LogP) is 5.17. The van der Waals surface area contributed by atoms with Gasteiger partial charge in [-0.15, -0.1) is 11.3 Å². The Morgan fingerprint density at radius 2 is 1.79 bits per heavy atom. The molecule has 3 rings (SSSR count). The minimum Gasteiger partial charge on any atom is -0.493 e. The molecule has 1 aromatic heterocycles. The molecule has 0 atom stereocenters. The highest BCUT2D eigenvalue weighted by molar-refractivity contribution is 9.10. The number of halogens is 1. The smallest absolute Gasteiger partial charge is 0.170 e. The van der Waals surface area contributed by atoms with E-state index in [1.165, 1.54) is 0 Å². The van der Waals surface area contributed by atoms with Crippen LogP contribution in [0.25, 0.3) is 10.6 Å². The van der Waals surface area contributed by atoms with Gasteiger partial charge in [0.1, 0.15) is 17.4 Å². The second kappa shape index (κ2) is 7.68. The average molecular weight is 406 g/mol. The number of ether oxygens (including phenoxy) is 3. The lowest BCUT2D eigenvalue weighted by Crippen LogP contribution is -1.97. The fourth-order valence-electron chi connectivity index (χ4n) is 2.27. The molecule has 0 radical (unpaired) electrons. The maximum atomic E-state index is 5.81. The second-order valence-corrected chi connectivity index (χ2v) is 6.62. The van der Waals surface area contributed by atoms with Gasteiger partial charge in [-0.3, -0.25) is 0 Å². The van der Waals surface area contributed by atoms with E-state index in [2.05, 4.69) is 20.9 Å². The zero-order valence-electron chi connectivity index (χ0n) is 13.3. The first kappa shape index (κ1) is 16.8. The van der Waals surface area contributed by atoms with Gasteiger partial charge in [0.15, 0.2) is 11.5 Å². The quantitative estimate of drug-likeness (QED) is 0.567. The molecular formula is C18H16BrNO3S. The van der Waals surface area contributed by atoms with Gasteiger partial charge in [-0.2, -0.15) is 0 Å². The number of hydrogen-bond acceptors (Lipinski definition) is 5. The number of rotatable bonds is 6. The van der Waals surface area contributed by atoms with Crippen LogP contribution in [0, 0.1) is 0 Å². The van der Waals surface area contributed by atoms with Crippen LogP contribution in [0.15, 0.2) is 52.3 Å². The molecule has 24 heavy (non-hydrogen) atoms. The Balaban J connectivity index is 1.80. The van der Waals surface area contributed by atoms with E-state index in [9.17, 15) is 0 Å². The summed E-state index contributed by atoms with van der Waals surface area (Å²) in [5.74, 6) is 2.18. The minimum absolute atomic E-state index is 0.408. The summed E-state index contributed by atoms with van der Waals surface area (Å²) in [5.41, 5.74) is 1.78. The highest BCUT2D eigenvalue weighted by Crippen LogP contribution is 2.39. The number of methoxy groups -OCH3 is 2. The molecule has 0 unspecified atom stereocenters. The molecule has 0 aliphatic rings. The van der Waals surface area contributed by atoms with Crippen molar-refractivity contribution in [2.24, 2.45) is 0 Å². The lowest BCUT2D eigenvalue weighted by Gasteiger charge is -2.10. The molecule has 0 amide bonds. The van der Waals surface area contributed by atoms with Crippen LogP contribution >= 0.6 is 27.3 Å². The maximum absolute atomic E-state index is 5.81. The molecule has 1 heterocycles. The van der Waals surface area contributed by atoms with Gasteiger partial charge in [-0.05, 0) is 40.2 Å². The third kappa shape index (κ3) is 3.55. The molecule has 0 spiro atoms. The molecule has 6 heteroatoms. The number of thiazole rings is 1. The number of aromatic nitrogens is 1. The normalized spacial score (nSPS) is 10.5. The molecule has 2 aromatic carbocycles. The topological polar surface area (TPSA) is 40.6 Å². The van der Waals surface area contributed by atoms with Crippen LogP contribution in [0.3, 0.4) is 0 Å². The third-order valence-corrected chi connectivity index (χ3v) is 4.98. The molecule has 4 nitrogen and oxygen atoms in total. The molecule has 0 aliphatic heterocycles. The van der Waals surface area contributed by atoms with Crippen LogP contribution < -0.4 is 14.2 Å². The maximum Gasteiger partial charge on any atom is 0.170 e. The van der Waals surface area contributed by atoms with Crippen molar-refractivity contribution in [2.75, 3.05) is 14.2 Å². The van der Waals surface area contributed by atoms with Crippen LogP contribution in [0.4, 0.5) is 0 Å². The summed E-state index contributed by atoms with van der Waals surface area (Å²) < 4.78 is 17.6. The standard InChI is InChI=1S/C18H16BrNO3S/c1-21-16-9-5-6-13(17(16)22-2)18-20-12(11-24-18)10-23-15-8-4-3-7-14(15)19/h3-9,11H,10H2,1-2H3. The minimum atomic E-state index is 0.408. The van der Waals surface area contributed by atoms with Gasteiger partial charge in [0.05, 0.1) is 29.9 Å². The molecule has 0 saturated carbocycles. The van der Waals surface area contributed by atoms with Gasteiger partial charge in [-0.25, -0.2) is 4.98 Å². The first-order valence-electron chi connectivity index (χ1n) is 7.26. The summed E-state index contributed by atoms with van der Waals surface area (Å²) in [6.07, 6.45) is 0. The molecular weight excluding hydrogens is 390 g/mol. The van der Waals surface area contributed by atoms with Crippen LogP contribution in [0.1, 0.15) is 5.69 Å². The van der Waals surface area contributed by atoms with Crippen molar-refractivity contribution in [1.82, 2.24) is 4.98 Å². The Morgan fingerprint density at radius 3 is 2.54 bits per heavy atom. The summed E-state index contributed by atoms with van der Waals surface area (Å²) >= 11 is 5.03. The van der Waals surface area contributed by atoms with Crippen molar-refractivity contribution in [3.05, 3.63) is 58.0 Å². The number of hydrogen-bond donors (Lipinski definition) is 0. The van der Waals surface area contributed by atoms with Crippen LogP contribution in [0.2, 0.25) is 0 Å². The second-order valence-electron chi connectivity index (χ2n) is 4.90. The molecule has 0 aliphatic carbocycles.